The fourth-order valence-corrected chi connectivity index (χ4v) is 2.10. The van der Waals surface area contributed by atoms with Gasteiger partial charge in [0, 0.05) is 16.1 Å². The molecule has 1 aromatic heterocycles. The molecule has 0 saturated carbocycles. The number of nitrogen functional groups attached to an aromatic ring is 1. The minimum absolute atomic E-state index is 0.494. The molecule has 0 atom stereocenters. The molecule has 0 saturated heterocycles. The third-order valence-corrected chi connectivity index (χ3v) is 3.06. The number of rotatable bonds is 5. The minimum atomic E-state index is 0.494. The van der Waals surface area contributed by atoms with Gasteiger partial charge in [-0.1, -0.05) is 13.0 Å². The number of anilines is 1. The van der Waals surface area contributed by atoms with E-state index in [0.717, 1.165) is 28.0 Å². The average Bonchev–Trinajstić information content (AvgIpc) is 2.39. The lowest BCUT2D eigenvalue weighted by molar-refractivity contribution is 0.458. The Morgan fingerprint density at radius 2 is 2.16 bits per heavy atom. The summed E-state index contributed by atoms with van der Waals surface area (Å²) >= 11 is 2.24. The topological polar surface area (TPSA) is 73.1 Å². The largest absolute Gasteiger partial charge is 0.439 e. The molecule has 0 fully saturated rings. The zero-order chi connectivity index (χ0) is 13.7. The van der Waals surface area contributed by atoms with E-state index in [0.29, 0.717) is 11.7 Å². The van der Waals surface area contributed by atoms with Crippen LogP contribution < -0.4 is 16.0 Å². The fourth-order valence-electron chi connectivity index (χ4n) is 1.59. The summed E-state index contributed by atoms with van der Waals surface area (Å²) in [6.45, 7) is 2.08. The standard InChI is InChI=1S/C13H15IN4O/c1-2-4-11-16-12(18-15)8-13(17-11)19-10-6-3-5-9(14)7-10/h3,5-8H,2,4,15H2,1H3,(H,16,17,18). The van der Waals surface area contributed by atoms with E-state index in [1.165, 1.54) is 0 Å². The summed E-state index contributed by atoms with van der Waals surface area (Å²) in [6.07, 6.45) is 1.76. The van der Waals surface area contributed by atoms with Gasteiger partial charge in [-0.25, -0.2) is 10.8 Å². The third kappa shape index (κ3) is 4.03. The number of nitrogens with zero attached hydrogens (tertiary/aromatic N) is 2. The predicted octanol–water partition coefficient (Wildman–Crippen LogP) is 3.11. The molecule has 0 aliphatic rings. The Morgan fingerprint density at radius 3 is 2.84 bits per heavy atom. The van der Waals surface area contributed by atoms with Crippen molar-refractivity contribution in [1.29, 1.82) is 0 Å². The molecule has 5 nitrogen and oxygen atoms in total. The second-order valence-electron chi connectivity index (χ2n) is 3.96. The SMILES string of the molecule is CCCc1nc(NN)cc(Oc2cccc(I)c2)n1. The van der Waals surface area contributed by atoms with Crippen LogP contribution in [-0.2, 0) is 6.42 Å². The van der Waals surface area contributed by atoms with Gasteiger partial charge < -0.3 is 10.2 Å². The van der Waals surface area contributed by atoms with E-state index < -0.39 is 0 Å². The first-order valence-electron chi connectivity index (χ1n) is 5.99. The molecule has 19 heavy (non-hydrogen) atoms. The minimum Gasteiger partial charge on any atom is -0.439 e. The van der Waals surface area contributed by atoms with Crippen molar-refractivity contribution in [3.63, 3.8) is 0 Å². The molecule has 1 aromatic carbocycles. The van der Waals surface area contributed by atoms with Crippen LogP contribution >= 0.6 is 22.6 Å². The lowest BCUT2D eigenvalue weighted by Crippen LogP contribution is -2.10. The van der Waals surface area contributed by atoms with Crippen molar-refractivity contribution in [1.82, 2.24) is 9.97 Å². The van der Waals surface area contributed by atoms with E-state index >= 15 is 0 Å². The Bertz CT molecular complexity index is 562. The van der Waals surface area contributed by atoms with E-state index in [2.05, 4.69) is 44.9 Å². The number of hydrogen-bond donors (Lipinski definition) is 2. The van der Waals surface area contributed by atoms with Crippen molar-refractivity contribution >= 4 is 28.4 Å². The Labute approximate surface area is 125 Å². The number of hydrazine groups is 1. The van der Waals surface area contributed by atoms with Crippen molar-refractivity contribution in [3.8, 4) is 11.6 Å². The quantitative estimate of drug-likeness (QED) is 0.481. The van der Waals surface area contributed by atoms with Crippen molar-refractivity contribution in [2.24, 2.45) is 5.84 Å². The summed E-state index contributed by atoms with van der Waals surface area (Å²) < 4.78 is 6.84. The molecular weight excluding hydrogens is 355 g/mol. The van der Waals surface area contributed by atoms with Crippen LogP contribution in [0.4, 0.5) is 5.82 Å². The van der Waals surface area contributed by atoms with Gasteiger partial charge in [0.15, 0.2) is 0 Å². The summed E-state index contributed by atoms with van der Waals surface area (Å²) in [5.74, 6) is 7.92. The number of nitrogens with one attached hydrogen (secondary N) is 1. The maximum atomic E-state index is 5.74. The molecule has 0 unspecified atom stereocenters. The van der Waals surface area contributed by atoms with E-state index in [1.54, 1.807) is 6.07 Å². The number of hydrogen-bond acceptors (Lipinski definition) is 5. The first-order valence-corrected chi connectivity index (χ1v) is 7.07. The van der Waals surface area contributed by atoms with Gasteiger partial charge in [0.25, 0.3) is 0 Å². The monoisotopic (exact) mass is 370 g/mol. The van der Waals surface area contributed by atoms with Crippen molar-refractivity contribution in [2.45, 2.75) is 19.8 Å². The van der Waals surface area contributed by atoms with Crippen LogP contribution in [0.25, 0.3) is 0 Å². The number of aromatic nitrogens is 2. The van der Waals surface area contributed by atoms with E-state index in [1.807, 2.05) is 24.3 Å². The summed E-state index contributed by atoms with van der Waals surface area (Å²) in [4.78, 5) is 8.64. The van der Waals surface area contributed by atoms with Gasteiger partial charge in [0.05, 0.1) is 0 Å². The molecule has 0 amide bonds. The highest BCUT2D eigenvalue weighted by Crippen LogP contribution is 2.23. The van der Waals surface area contributed by atoms with Crippen LogP contribution in [0.2, 0.25) is 0 Å². The van der Waals surface area contributed by atoms with Gasteiger partial charge in [-0.15, -0.1) is 0 Å². The second-order valence-corrected chi connectivity index (χ2v) is 5.21. The summed E-state index contributed by atoms with van der Waals surface area (Å²) in [7, 11) is 0. The zero-order valence-electron chi connectivity index (χ0n) is 10.6. The Kier molecular flexibility index (Phi) is 4.92. The molecule has 0 radical (unpaired) electrons. The highest BCUT2D eigenvalue weighted by Gasteiger charge is 2.06. The number of benzene rings is 1. The second kappa shape index (κ2) is 6.67. The normalized spacial score (nSPS) is 10.3. The maximum Gasteiger partial charge on any atom is 0.224 e. The smallest absolute Gasteiger partial charge is 0.224 e. The number of ether oxygens (including phenoxy) is 1. The summed E-state index contributed by atoms with van der Waals surface area (Å²) in [5, 5.41) is 0. The Hall–Kier alpha value is -1.41. The van der Waals surface area contributed by atoms with Crippen LogP contribution in [-0.4, -0.2) is 9.97 Å². The number of halogens is 1. The fraction of sp³-hybridized carbons (Fsp3) is 0.231. The zero-order valence-corrected chi connectivity index (χ0v) is 12.7. The van der Waals surface area contributed by atoms with E-state index in [9.17, 15) is 0 Å². The van der Waals surface area contributed by atoms with Gasteiger partial charge in [-0.05, 0) is 47.2 Å². The van der Waals surface area contributed by atoms with Crippen molar-refractivity contribution < 1.29 is 4.74 Å². The molecule has 3 N–H and O–H groups in total. The molecule has 0 bridgehead atoms. The highest BCUT2D eigenvalue weighted by atomic mass is 127. The van der Waals surface area contributed by atoms with Gasteiger partial charge in [0.2, 0.25) is 5.88 Å². The molecule has 100 valence electrons. The van der Waals surface area contributed by atoms with Crippen molar-refractivity contribution in [3.05, 3.63) is 39.7 Å². The van der Waals surface area contributed by atoms with Gasteiger partial charge in [-0.2, -0.15) is 4.98 Å². The molecule has 0 aliphatic heterocycles. The van der Waals surface area contributed by atoms with Crippen LogP contribution in [0.5, 0.6) is 11.6 Å². The highest BCUT2D eigenvalue weighted by molar-refractivity contribution is 14.1. The van der Waals surface area contributed by atoms with Crippen molar-refractivity contribution in [2.75, 3.05) is 5.43 Å². The van der Waals surface area contributed by atoms with E-state index in [-0.39, 0.29) is 0 Å². The Morgan fingerprint density at radius 1 is 1.32 bits per heavy atom. The molecule has 2 aromatic rings. The average molecular weight is 370 g/mol. The number of nitrogens with two attached hydrogens (primary N) is 1. The maximum absolute atomic E-state index is 5.74. The first-order chi connectivity index (χ1) is 9.21. The molecule has 2 rings (SSSR count). The number of aryl methyl sites for hydroxylation is 1. The van der Waals surface area contributed by atoms with Crippen LogP contribution in [0.3, 0.4) is 0 Å². The van der Waals surface area contributed by atoms with Gasteiger partial charge in [-0.3, -0.25) is 0 Å². The van der Waals surface area contributed by atoms with Gasteiger partial charge >= 0.3 is 0 Å². The van der Waals surface area contributed by atoms with Crippen LogP contribution in [0, 0.1) is 3.57 Å². The van der Waals surface area contributed by atoms with Gasteiger partial charge in [0.1, 0.15) is 17.4 Å². The molecule has 1 heterocycles. The molecule has 0 spiro atoms. The lowest BCUT2D eigenvalue weighted by atomic mass is 10.3. The summed E-state index contributed by atoms with van der Waals surface area (Å²) in [5.41, 5.74) is 2.53. The molecular formula is C13H15IN4O. The molecule has 0 aliphatic carbocycles. The molecule has 6 heteroatoms. The lowest BCUT2D eigenvalue weighted by Gasteiger charge is -2.08. The Balaban J connectivity index is 2.26. The third-order valence-electron chi connectivity index (χ3n) is 2.39. The predicted molar refractivity (Wildman–Crippen MR) is 83.1 cm³/mol. The van der Waals surface area contributed by atoms with Crippen LogP contribution in [0.15, 0.2) is 30.3 Å². The first kappa shape index (κ1) is 14.0. The van der Waals surface area contributed by atoms with Crippen LogP contribution in [0.1, 0.15) is 19.2 Å². The van der Waals surface area contributed by atoms with E-state index in [4.69, 9.17) is 10.6 Å². The summed E-state index contributed by atoms with van der Waals surface area (Å²) in [6, 6.07) is 9.45.